The summed E-state index contributed by atoms with van der Waals surface area (Å²) in [5.41, 5.74) is 5.14. The molecule has 1 aliphatic rings. The molecule has 132 valence electrons. The van der Waals surface area contributed by atoms with Crippen molar-refractivity contribution >= 4 is 0 Å². The predicted molar refractivity (Wildman–Crippen MR) is 96.9 cm³/mol. The molecule has 0 atom stereocenters. The lowest BCUT2D eigenvalue weighted by molar-refractivity contribution is 0.550. The SMILES string of the molecule is CCCCCn1cc(CNCc2cn(CC)nc2C2CC2)c(C)n1. The van der Waals surface area contributed by atoms with Crippen LogP contribution in [-0.4, -0.2) is 19.6 Å². The third kappa shape index (κ3) is 4.26. The Hall–Kier alpha value is -1.62. The Bertz CT molecular complexity index is 651. The molecular weight excluding hydrogens is 298 g/mol. The summed E-state index contributed by atoms with van der Waals surface area (Å²) in [6.07, 6.45) is 10.8. The van der Waals surface area contributed by atoms with E-state index in [1.165, 1.54) is 48.9 Å². The van der Waals surface area contributed by atoms with Crippen molar-refractivity contribution in [2.75, 3.05) is 0 Å². The Morgan fingerprint density at radius 3 is 2.50 bits per heavy atom. The molecule has 5 nitrogen and oxygen atoms in total. The van der Waals surface area contributed by atoms with Gasteiger partial charge in [-0.15, -0.1) is 0 Å². The van der Waals surface area contributed by atoms with Crippen LogP contribution in [0.15, 0.2) is 12.4 Å². The van der Waals surface area contributed by atoms with Crippen molar-refractivity contribution in [3.63, 3.8) is 0 Å². The van der Waals surface area contributed by atoms with Gasteiger partial charge in [0.25, 0.3) is 0 Å². The van der Waals surface area contributed by atoms with Gasteiger partial charge in [0.1, 0.15) is 0 Å². The van der Waals surface area contributed by atoms with E-state index in [0.29, 0.717) is 5.92 Å². The van der Waals surface area contributed by atoms with Gasteiger partial charge in [-0.3, -0.25) is 9.36 Å². The number of nitrogens with zero attached hydrogens (tertiary/aromatic N) is 4. The van der Waals surface area contributed by atoms with Crippen molar-refractivity contribution in [2.24, 2.45) is 0 Å². The maximum absolute atomic E-state index is 4.74. The Morgan fingerprint density at radius 1 is 1.04 bits per heavy atom. The molecule has 1 N–H and O–H groups in total. The van der Waals surface area contributed by atoms with Gasteiger partial charge in [-0.25, -0.2) is 0 Å². The van der Waals surface area contributed by atoms with Crippen LogP contribution in [0.3, 0.4) is 0 Å². The minimum atomic E-state index is 0.706. The fourth-order valence-electron chi connectivity index (χ4n) is 3.18. The van der Waals surface area contributed by atoms with Crippen molar-refractivity contribution in [3.05, 3.63) is 34.9 Å². The van der Waals surface area contributed by atoms with E-state index in [1.54, 1.807) is 0 Å². The average Bonchev–Trinajstić information content (AvgIpc) is 3.25. The summed E-state index contributed by atoms with van der Waals surface area (Å²) in [5, 5.41) is 13.0. The van der Waals surface area contributed by atoms with Gasteiger partial charge in [-0.1, -0.05) is 19.8 Å². The molecule has 1 aliphatic carbocycles. The zero-order valence-corrected chi connectivity index (χ0v) is 15.4. The van der Waals surface area contributed by atoms with Gasteiger partial charge in [0.05, 0.1) is 11.4 Å². The van der Waals surface area contributed by atoms with Crippen LogP contribution in [0.5, 0.6) is 0 Å². The Labute approximate surface area is 145 Å². The van der Waals surface area contributed by atoms with Gasteiger partial charge in [0.2, 0.25) is 0 Å². The highest BCUT2D eigenvalue weighted by molar-refractivity contribution is 5.25. The largest absolute Gasteiger partial charge is 0.308 e. The number of hydrogen-bond donors (Lipinski definition) is 1. The minimum absolute atomic E-state index is 0.706. The normalized spacial score (nSPS) is 14.5. The summed E-state index contributed by atoms with van der Waals surface area (Å²) in [5.74, 6) is 0.706. The monoisotopic (exact) mass is 329 g/mol. The topological polar surface area (TPSA) is 47.7 Å². The molecule has 0 spiro atoms. The number of aromatic nitrogens is 4. The summed E-state index contributed by atoms with van der Waals surface area (Å²) in [6, 6.07) is 0. The molecule has 1 saturated carbocycles. The fourth-order valence-corrected chi connectivity index (χ4v) is 3.18. The molecule has 5 heteroatoms. The molecule has 3 rings (SSSR count). The Kier molecular flexibility index (Phi) is 5.72. The molecule has 2 aromatic rings. The smallest absolute Gasteiger partial charge is 0.0700 e. The van der Waals surface area contributed by atoms with Crippen molar-refractivity contribution in [3.8, 4) is 0 Å². The maximum atomic E-state index is 4.74. The molecule has 0 bridgehead atoms. The van der Waals surface area contributed by atoms with E-state index in [9.17, 15) is 0 Å². The van der Waals surface area contributed by atoms with E-state index < -0.39 is 0 Å². The standard InChI is InChI=1S/C19H31N5/c1-4-6-7-10-24-13-17(15(3)21-24)11-20-12-18-14-23(5-2)22-19(18)16-8-9-16/h13-14,16,20H,4-12H2,1-3H3. The third-order valence-corrected chi connectivity index (χ3v) is 4.83. The number of aryl methyl sites for hydroxylation is 3. The minimum Gasteiger partial charge on any atom is -0.308 e. The summed E-state index contributed by atoms with van der Waals surface area (Å²) in [4.78, 5) is 0. The van der Waals surface area contributed by atoms with Crippen LogP contribution < -0.4 is 5.32 Å². The number of rotatable bonds is 10. The van der Waals surface area contributed by atoms with Gasteiger partial charge in [0, 0.05) is 55.6 Å². The zero-order valence-electron chi connectivity index (χ0n) is 15.4. The number of unbranched alkanes of at least 4 members (excludes halogenated alkanes) is 2. The highest BCUT2D eigenvalue weighted by Crippen LogP contribution is 2.40. The van der Waals surface area contributed by atoms with Crippen molar-refractivity contribution in [1.82, 2.24) is 24.9 Å². The highest BCUT2D eigenvalue weighted by atomic mass is 15.3. The first kappa shape index (κ1) is 17.2. The van der Waals surface area contributed by atoms with Gasteiger partial charge in [-0.05, 0) is 33.1 Å². The quantitative estimate of drug-likeness (QED) is 0.675. The van der Waals surface area contributed by atoms with E-state index in [-0.39, 0.29) is 0 Å². The number of nitrogens with one attached hydrogen (secondary N) is 1. The van der Waals surface area contributed by atoms with E-state index >= 15 is 0 Å². The maximum Gasteiger partial charge on any atom is 0.0700 e. The molecule has 0 amide bonds. The van der Waals surface area contributed by atoms with Crippen molar-refractivity contribution in [2.45, 2.75) is 85.0 Å². The van der Waals surface area contributed by atoms with Gasteiger partial charge >= 0.3 is 0 Å². The van der Waals surface area contributed by atoms with Gasteiger partial charge < -0.3 is 5.32 Å². The van der Waals surface area contributed by atoms with Gasteiger partial charge in [0.15, 0.2) is 0 Å². The summed E-state index contributed by atoms with van der Waals surface area (Å²) in [6.45, 7) is 10.2. The van der Waals surface area contributed by atoms with Crippen molar-refractivity contribution in [1.29, 1.82) is 0 Å². The van der Waals surface area contributed by atoms with Crippen LogP contribution in [0, 0.1) is 6.92 Å². The van der Waals surface area contributed by atoms with Crippen LogP contribution in [0.2, 0.25) is 0 Å². The fraction of sp³-hybridized carbons (Fsp3) is 0.684. The third-order valence-electron chi connectivity index (χ3n) is 4.83. The van der Waals surface area contributed by atoms with Crippen LogP contribution in [0.4, 0.5) is 0 Å². The summed E-state index contributed by atoms with van der Waals surface area (Å²) in [7, 11) is 0. The van der Waals surface area contributed by atoms with Crippen LogP contribution in [0.25, 0.3) is 0 Å². The van der Waals surface area contributed by atoms with Gasteiger partial charge in [-0.2, -0.15) is 10.2 Å². The molecule has 1 fully saturated rings. The number of hydrogen-bond acceptors (Lipinski definition) is 3. The zero-order chi connectivity index (χ0) is 16.9. The summed E-state index contributed by atoms with van der Waals surface area (Å²) >= 11 is 0. The second kappa shape index (κ2) is 7.97. The first-order valence-corrected chi connectivity index (χ1v) is 9.51. The van der Waals surface area contributed by atoms with Crippen LogP contribution in [-0.2, 0) is 26.2 Å². The molecule has 2 heterocycles. The Balaban J connectivity index is 1.54. The predicted octanol–water partition coefficient (Wildman–Crippen LogP) is 3.77. The Morgan fingerprint density at radius 2 is 1.79 bits per heavy atom. The van der Waals surface area contributed by atoms with E-state index in [4.69, 9.17) is 5.10 Å². The van der Waals surface area contributed by atoms with Crippen molar-refractivity contribution < 1.29 is 0 Å². The van der Waals surface area contributed by atoms with E-state index in [2.05, 4.69) is 52.9 Å². The van der Waals surface area contributed by atoms with Crippen LogP contribution >= 0.6 is 0 Å². The molecule has 0 aromatic carbocycles. The molecular formula is C19H31N5. The highest BCUT2D eigenvalue weighted by Gasteiger charge is 2.28. The lowest BCUT2D eigenvalue weighted by Crippen LogP contribution is -2.13. The molecule has 2 aromatic heterocycles. The lowest BCUT2D eigenvalue weighted by atomic mass is 10.2. The van der Waals surface area contributed by atoms with Crippen LogP contribution in [0.1, 0.15) is 74.4 Å². The molecule has 0 radical (unpaired) electrons. The van der Waals surface area contributed by atoms with E-state index in [0.717, 1.165) is 31.9 Å². The molecule has 0 aliphatic heterocycles. The molecule has 0 saturated heterocycles. The first-order valence-electron chi connectivity index (χ1n) is 9.51. The second-order valence-electron chi connectivity index (χ2n) is 6.98. The lowest BCUT2D eigenvalue weighted by Gasteiger charge is -2.04. The molecule has 24 heavy (non-hydrogen) atoms. The molecule has 0 unspecified atom stereocenters. The second-order valence-corrected chi connectivity index (χ2v) is 6.98. The van der Waals surface area contributed by atoms with E-state index in [1.807, 2.05) is 0 Å². The summed E-state index contributed by atoms with van der Waals surface area (Å²) < 4.78 is 4.18. The first-order chi connectivity index (χ1) is 11.7. The average molecular weight is 329 g/mol.